The van der Waals surface area contributed by atoms with Crippen LogP contribution < -0.4 is 10.6 Å². The second-order valence-corrected chi connectivity index (χ2v) is 8.55. The minimum atomic E-state index is 0.556. The molecule has 0 saturated carbocycles. The van der Waals surface area contributed by atoms with Gasteiger partial charge in [-0.1, -0.05) is 26.0 Å². The standard InChI is InChI=1S/C22H36N6/c1-17(2)14-18-15-23-11-13-28(18)16-21-25-20-9-6-5-8-19(20)22(26-21)24-10-7-12-27(3)4/h5-6,8-9,17-18,23H,7,10-16H2,1-4H3,(H,24,25,26). The Labute approximate surface area is 169 Å². The van der Waals surface area contributed by atoms with Crippen molar-refractivity contribution in [2.45, 2.75) is 39.3 Å². The Morgan fingerprint density at radius 2 is 2.07 bits per heavy atom. The van der Waals surface area contributed by atoms with Gasteiger partial charge in [0.1, 0.15) is 11.6 Å². The molecule has 1 atom stereocenters. The summed E-state index contributed by atoms with van der Waals surface area (Å²) >= 11 is 0. The van der Waals surface area contributed by atoms with Crippen LogP contribution in [0.3, 0.4) is 0 Å². The predicted molar refractivity (Wildman–Crippen MR) is 118 cm³/mol. The monoisotopic (exact) mass is 384 g/mol. The van der Waals surface area contributed by atoms with Crippen molar-refractivity contribution in [1.29, 1.82) is 0 Å². The summed E-state index contributed by atoms with van der Waals surface area (Å²) in [6.45, 7) is 10.6. The van der Waals surface area contributed by atoms with Gasteiger partial charge < -0.3 is 15.5 Å². The Bertz CT molecular complexity index is 745. The number of benzene rings is 1. The van der Waals surface area contributed by atoms with Gasteiger partial charge in [0.15, 0.2) is 0 Å². The predicted octanol–water partition coefficient (Wildman–Crippen LogP) is 2.81. The Kier molecular flexibility index (Phi) is 7.59. The molecular formula is C22H36N6. The van der Waals surface area contributed by atoms with Gasteiger partial charge in [-0.2, -0.15) is 0 Å². The molecule has 0 bridgehead atoms. The summed E-state index contributed by atoms with van der Waals surface area (Å²) in [5.41, 5.74) is 1.03. The summed E-state index contributed by atoms with van der Waals surface area (Å²) in [7, 11) is 4.22. The summed E-state index contributed by atoms with van der Waals surface area (Å²) in [5, 5.41) is 8.20. The Morgan fingerprint density at radius 1 is 1.25 bits per heavy atom. The Balaban J connectivity index is 1.76. The van der Waals surface area contributed by atoms with Gasteiger partial charge in [-0.3, -0.25) is 4.90 Å². The molecule has 3 rings (SSSR count). The molecule has 1 aliphatic heterocycles. The molecule has 0 radical (unpaired) electrons. The zero-order valence-electron chi connectivity index (χ0n) is 17.9. The maximum atomic E-state index is 4.93. The summed E-state index contributed by atoms with van der Waals surface area (Å²) in [6, 6.07) is 8.88. The number of rotatable bonds is 9. The molecule has 2 heterocycles. The summed E-state index contributed by atoms with van der Waals surface area (Å²) in [5.74, 6) is 2.58. The number of piperazine rings is 1. The van der Waals surface area contributed by atoms with Crippen molar-refractivity contribution in [1.82, 2.24) is 25.1 Å². The van der Waals surface area contributed by atoms with Crippen molar-refractivity contribution in [2.75, 3.05) is 52.1 Å². The number of hydrogen-bond donors (Lipinski definition) is 2. The molecular weight excluding hydrogens is 348 g/mol. The summed E-state index contributed by atoms with van der Waals surface area (Å²) < 4.78 is 0. The third kappa shape index (κ3) is 5.87. The third-order valence-corrected chi connectivity index (χ3v) is 5.28. The van der Waals surface area contributed by atoms with E-state index >= 15 is 0 Å². The zero-order chi connectivity index (χ0) is 19.9. The topological polar surface area (TPSA) is 56.3 Å². The molecule has 0 amide bonds. The van der Waals surface area contributed by atoms with Gasteiger partial charge in [0.25, 0.3) is 0 Å². The fourth-order valence-electron chi connectivity index (χ4n) is 3.90. The van der Waals surface area contributed by atoms with E-state index in [0.717, 1.165) is 68.2 Å². The molecule has 0 spiro atoms. The molecule has 1 fully saturated rings. The molecule has 2 aromatic rings. The first-order valence-corrected chi connectivity index (χ1v) is 10.6. The average Bonchev–Trinajstić information content (AvgIpc) is 2.66. The van der Waals surface area contributed by atoms with Crippen LogP contribution in [0.15, 0.2) is 24.3 Å². The van der Waals surface area contributed by atoms with Crippen LogP contribution in [0.2, 0.25) is 0 Å². The SMILES string of the molecule is CC(C)CC1CNCCN1Cc1nc(NCCCN(C)C)c2ccccc2n1. The van der Waals surface area contributed by atoms with Crippen molar-refractivity contribution in [3.05, 3.63) is 30.1 Å². The van der Waals surface area contributed by atoms with E-state index in [2.05, 4.69) is 72.6 Å². The van der Waals surface area contributed by atoms with Crippen LogP contribution in [0.1, 0.15) is 32.5 Å². The lowest BCUT2D eigenvalue weighted by Crippen LogP contribution is -2.51. The lowest BCUT2D eigenvalue weighted by atomic mass is 10.0. The van der Waals surface area contributed by atoms with Crippen LogP contribution >= 0.6 is 0 Å². The second kappa shape index (κ2) is 10.1. The van der Waals surface area contributed by atoms with Crippen molar-refractivity contribution >= 4 is 16.7 Å². The molecule has 1 saturated heterocycles. The largest absolute Gasteiger partial charge is 0.369 e. The van der Waals surface area contributed by atoms with E-state index in [9.17, 15) is 0 Å². The van der Waals surface area contributed by atoms with Crippen molar-refractivity contribution in [3.8, 4) is 0 Å². The van der Waals surface area contributed by atoms with Gasteiger partial charge in [0.05, 0.1) is 12.1 Å². The molecule has 1 unspecified atom stereocenters. The molecule has 2 N–H and O–H groups in total. The van der Waals surface area contributed by atoms with Crippen molar-refractivity contribution < 1.29 is 0 Å². The van der Waals surface area contributed by atoms with E-state index in [1.54, 1.807) is 0 Å². The number of anilines is 1. The highest BCUT2D eigenvalue weighted by molar-refractivity contribution is 5.88. The fourth-order valence-corrected chi connectivity index (χ4v) is 3.90. The highest BCUT2D eigenvalue weighted by Crippen LogP contribution is 2.22. The van der Waals surface area contributed by atoms with Crippen LogP contribution in [0.5, 0.6) is 0 Å². The van der Waals surface area contributed by atoms with Gasteiger partial charge in [-0.25, -0.2) is 9.97 Å². The fraction of sp³-hybridized carbons (Fsp3) is 0.636. The molecule has 6 heteroatoms. The first kappa shape index (κ1) is 21.0. The average molecular weight is 385 g/mol. The number of aromatic nitrogens is 2. The highest BCUT2D eigenvalue weighted by atomic mass is 15.2. The van der Waals surface area contributed by atoms with E-state index < -0.39 is 0 Å². The maximum absolute atomic E-state index is 4.93. The van der Waals surface area contributed by atoms with Gasteiger partial charge >= 0.3 is 0 Å². The molecule has 6 nitrogen and oxygen atoms in total. The number of nitrogens with zero attached hydrogens (tertiary/aromatic N) is 4. The van der Waals surface area contributed by atoms with Gasteiger partial charge in [0, 0.05) is 37.6 Å². The van der Waals surface area contributed by atoms with Crippen molar-refractivity contribution in [2.24, 2.45) is 5.92 Å². The lowest BCUT2D eigenvalue weighted by Gasteiger charge is -2.36. The van der Waals surface area contributed by atoms with E-state index in [0.29, 0.717) is 12.0 Å². The smallest absolute Gasteiger partial charge is 0.145 e. The molecule has 1 aromatic heterocycles. The van der Waals surface area contributed by atoms with Crippen LogP contribution in [-0.2, 0) is 6.54 Å². The van der Waals surface area contributed by atoms with Crippen LogP contribution in [0.4, 0.5) is 5.82 Å². The number of para-hydroxylation sites is 1. The van der Waals surface area contributed by atoms with Crippen LogP contribution in [0, 0.1) is 5.92 Å². The quantitative estimate of drug-likeness (QED) is 0.649. The number of nitrogens with one attached hydrogen (secondary N) is 2. The van der Waals surface area contributed by atoms with Crippen molar-refractivity contribution in [3.63, 3.8) is 0 Å². The minimum Gasteiger partial charge on any atom is -0.369 e. The molecule has 0 aliphatic carbocycles. The molecule has 1 aromatic carbocycles. The van der Waals surface area contributed by atoms with Gasteiger partial charge in [-0.15, -0.1) is 0 Å². The minimum absolute atomic E-state index is 0.556. The number of hydrogen-bond acceptors (Lipinski definition) is 6. The first-order chi connectivity index (χ1) is 13.5. The summed E-state index contributed by atoms with van der Waals surface area (Å²) in [4.78, 5) is 14.6. The van der Waals surface area contributed by atoms with Gasteiger partial charge in [-0.05, 0) is 51.5 Å². The third-order valence-electron chi connectivity index (χ3n) is 5.28. The summed E-state index contributed by atoms with van der Waals surface area (Å²) in [6.07, 6.45) is 2.30. The zero-order valence-corrected chi connectivity index (χ0v) is 17.9. The molecule has 28 heavy (non-hydrogen) atoms. The highest BCUT2D eigenvalue weighted by Gasteiger charge is 2.24. The number of fused-ring (bicyclic) bond motifs is 1. The van der Waals surface area contributed by atoms with E-state index in [1.165, 1.54) is 6.42 Å². The van der Waals surface area contributed by atoms with E-state index in [1.807, 2.05) is 0 Å². The van der Waals surface area contributed by atoms with Crippen LogP contribution in [-0.4, -0.2) is 72.6 Å². The lowest BCUT2D eigenvalue weighted by molar-refractivity contribution is 0.131. The van der Waals surface area contributed by atoms with Gasteiger partial charge in [0.2, 0.25) is 0 Å². The normalized spacial score (nSPS) is 18.3. The first-order valence-electron chi connectivity index (χ1n) is 10.6. The maximum Gasteiger partial charge on any atom is 0.145 e. The molecule has 154 valence electrons. The second-order valence-electron chi connectivity index (χ2n) is 8.55. The van der Waals surface area contributed by atoms with E-state index in [-0.39, 0.29) is 0 Å². The Morgan fingerprint density at radius 3 is 2.86 bits per heavy atom. The molecule has 1 aliphatic rings. The van der Waals surface area contributed by atoms with E-state index in [4.69, 9.17) is 9.97 Å². The Hall–Kier alpha value is -1.76. The van der Waals surface area contributed by atoms with Crippen LogP contribution in [0.25, 0.3) is 10.9 Å².